The zero-order valence-electron chi connectivity index (χ0n) is 12.8. The number of carboxylic acid groups (broad SMARTS) is 1. The van der Waals surface area contributed by atoms with Crippen molar-refractivity contribution in [3.63, 3.8) is 0 Å². The Labute approximate surface area is 152 Å². The minimum absolute atomic E-state index is 0.0592. The first-order valence-corrected chi connectivity index (χ1v) is 7.63. The molecule has 26 heavy (non-hydrogen) atoms. The third-order valence-corrected chi connectivity index (χ3v) is 3.39. The zero-order chi connectivity index (χ0) is 20.3. The highest BCUT2D eigenvalue weighted by Crippen LogP contribution is 2.36. The molecule has 0 fully saturated rings. The van der Waals surface area contributed by atoms with Crippen LogP contribution in [-0.2, 0) is 28.4 Å². The molecule has 1 amide bonds. The molecule has 0 aromatic heterocycles. The second-order valence-electron chi connectivity index (χ2n) is 5.27. The van der Waals surface area contributed by atoms with Gasteiger partial charge in [-0.25, -0.2) is 4.79 Å². The Kier molecular flexibility index (Phi) is 6.86. The second-order valence-corrected chi connectivity index (χ2v) is 6.39. The molecule has 0 aliphatic heterocycles. The van der Waals surface area contributed by atoms with Crippen molar-refractivity contribution < 1.29 is 41.0 Å². The molecule has 0 heterocycles. The molecule has 0 radical (unpaired) electrons. The topological polar surface area (TPSA) is 66.4 Å². The largest absolute Gasteiger partial charge is 0.480 e. The van der Waals surface area contributed by atoms with E-state index in [1.165, 1.54) is 0 Å². The first-order valence-electron chi connectivity index (χ1n) is 6.84. The molecule has 11 heteroatoms. The number of halogens is 7. The van der Waals surface area contributed by atoms with E-state index in [2.05, 4.69) is 22.5 Å². The molecular formula is C15H12BrF6NO3. The van der Waals surface area contributed by atoms with Crippen LogP contribution in [0.15, 0.2) is 29.3 Å². The molecule has 0 unspecified atom stereocenters. The van der Waals surface area contributed by atoms with Crippen molar-refractivity contribution in [3.05, 3.63) is 46.0 Å². The molecule has 0 saturated carbocycles. The van der Waals surface area contributed by atoms with Gasteiger partial charge in [0.05, 0.1) is 17.5 Å². The average molecular weight is 448 g/mol. The van der Waals surface area contributed by atoms with E-state index in [0.29, 0.717) is 12.1 Å². The highest BCUT2D eigenvalue weighted by atomic mass is 79.9. The standard InChI is InChI=1S/C15H12BrF6NO3/c1-7(16)2-11(13(25)26)23-12(24)5-8-3-9(14(17,18)19)6-10(4-8)15(20,21)22/h3-4,6,11H,1-2,5H2,(H,23,24)(H,25,26)/t11-/m1/s1. The van der Waals surface area contributed by atoms with Gasteiger partial charge in [-0.3, -0.25) is 4.79 Å². The van der Waals surface area contributed by atoms with Gasteiger partial charge in [0.25, 0.3) is 0 Å². The summed E-state index contributed by atoms with van der Waals surface area (Å²) in [6, 6.07) is -0.666. The van der Waals surface area contributed by atoms with Crippen LogP contribution in [0.1, 0.15) is 23.1 Å². The fraction of sp³-hybridized carbons (Fsp3) is 0.333. The fourth-order valence-corrected chi connectivity index (χ4v) is 2.30. The Balaban J connectivity index is 3.09. The van der Waals surface area contributed by atoms with Gasteiger partial charge in [0, 0.05) is 6.42 Å². The summed E-state index contributed by atoms with van der Waals surface area (Å²) in [5.74, 6) is -2.47. The van der Waals surface area contributed by atoms with E-state index in [1.54, 1.807) is 0 Å². The lowest BCUT2D eigenvalue weighted by Gasteiger charge is -2.16. The van der Waals surface area contributed by atoms with Crippen molar-refractivity contribution in [1.82, 2.24) is 5.32 Å². The number of rotatable bonds is 6. The number of carboxylic acids is 1. The summed E-state index contributed by atoms with van der Waals surface area (Å²) in [4.78, 5) is 22.9. The molecule has 0 spiro atoms. The lowest BCUT2D eigenvalue weighted by molar-refractivity contribution is -0.143. The average Bonchev–Trinajstić information content (AvgIpc) is 2.43. The van der Waals surface area contributed by atoms with E-state index >= 15 is 0 Å². The first-order chi connectivity index (χ1) is 11.7. The Morgan fingerprint density at radius 1 is 1.08 bits per heavy atom. The van der Waals surface area contributed by atoms with E-state index in [4.69, 9.17) is 5.11 Å². The molecule has 2 N–H and O–H groups in total. The van der Waals surface area contributed by atoms with E-state index in [-0.39, 0.29) is 17.0 Å². The zero-order valence-corrected chi connectivity index (χ0v) is 14.4. The normalized spacial score (nSPS) is 13.2. The van der Waals surface area contributed by atoms with Gasteiger partial charge >= 0.3 is 18.3 Å². The third-order valence-electron chi connectivity index (χ3n) is 3.07. The van der Waals surface area contributed by atoms with Crippen LogP contribution in [0.25, 0.3) is 0 Å². The molecule has 0 aliphatic carbocycles. The van der Waals surface area contributed by atoms with Crippen molar-refractivity contribution >= 4 is 27.8 Å². The highest BCUT2D eigenvalue weighted by molar-refractivity contribution is 9.11. The van der Waals surface area contributed by atoms with E-state index in [0.717, 1.165) is 0 Å². The van der Waals surface area contributed by atoms with Crippen LogP contribution >= 0.6 is 15.9 Å². The van der Waals surface area contributed by atoms with Crippen LogP contribution in [0.5, 0.6) is 0 Å². The molecule has 1 atom stereocenters. The third kappa shape index (κ3) is 6.70. The number of carbonyl (C=O) groups is 2. The summed E-state index contributed by atoms with van der Waals surface area (Å²) in [6.45, 7) is 3.40. The molecule has 1 aromatic rings. The lowest BCUT2D eigenvalue weighted by atomic mass is 10.0. The minimum atomic E-state index is -5.04. The molecule has 0 aliphatic rings. The van der Waals surface area contributed by atoms with Crippen LogP contribution in [0.4, 0.5) is 26.3 Å². The smallest absolute Gasteiger partial charge is 0.416 e. The van der Waals surface area contributed by atoms with E-state index in [9.17, 15) is 35.9 Å². The van der Waals surface area contributed by atoms with Gasteiger partial charge in [0.1, 0.15) is 6.04 Å². The van der Waals surface area contributed by atoms with Crippen LogP contribution in [0.2, 0.25) is 0 Å². The molecule has 0 bridgehead atoms. The number of aliphatic carboxylic acids is 1. The molecule has 1 aromatic carbocycles. The fourth-order valence-electron chi connectivity index (χ4n) is 1.97. The number of hydrogen-bond acceptors (Lipinski definition) is 2. The predicted octanol–water partition coefficient (Wildman–Crippen LogP) is 4.13. The molecule has 0 saturated heterocycles. The summed E-state index contributed by atoms with van der Waals surface area (Å²) in [6.07, 6.45) is -11.1. The molecule has 1 rings (SSSR count). The number of nitrogens with one attached hydrogen (secondary N) is 1. The monoisotopic (exact) mass is 447 g/mol. The van der Waals surface area contributed by atoms with Crippen molar-refractivity contribution in [2.75, 3.05) is 0 Å². The van der Waals surface area contributed by atoms with Crippen molar-refractivity contribution in [3.8, 4) is 0 Å². The molecule has 4 nitrogen and oxygen atoms in total. The highest BCUT2D eigenvalue weighted by Gasteiger charge is 2.37. The van der Waals surface area contributed by atoms with Crippen LogP contribution in [0, 0.1) is 0 Å². The summed E-state index contributed by atoms with van der Waals surface area (Å²) >= 11 is 2.90. The maximum absolute atomic E-state index is 12.8. The first kappa shape index (κ1) is 22.0. The predicted molar refractivity (Wildman–Crippen MR) is 82.4 cm³/mol. The summed E-state index contributed by atoms with van der Waals surface area (Å²) in [5.41, 5.74) is -3.66. The molecular weight excluding hydrogens is 436 g/mol. The Morgan fingerprint density at radius 3 is 1.88 bits per heavy atom. The van der Waals surface area contributed by atoms with Crippen molar-refractivity contribution in [1.29, 1.82) is 0 Å². The summed E-state index contributed by atoms with van der Waals surface area (Å²) < 4.78 is 76.9. The van der Waals surface area contributed by atoms with Gasteiger partial charge in [0.2, 0.25) is 5.91 Å². The van der Waals surface area contributed by atoms with E-state index < -0.39 is 53.4 Å². The number of benzene rings is 1. The maximum atomic E-state index is 12.8. The summed E-state index contributed by atoms with van der Waals surface area (Å²) in [7, 11) is 0. The number of hydrogen-bond donors (Lipinski definition) is 2. The summed E-state index contributed by atoms with van der Waals surface area (Å²) in [5, 5.41) is 11.0. The Morgan fingerprint density at radius 2 is 1.54 bits per heavy atom. The van der Waals surface area contributed by atoms with Crippen LogP contribution < -0.4 is 5.32 Å². The Hall–Kier alpha value is -2.04. The maximum Gasteiger partial charge on any atom is 0.416 e. The quantitative estimate of drug-likeness (QED) is 0.644. The Bertz CT molecular complexity index is 682. The van der Waals surface area contributed by atoms with Gasteiger partial charge in [-0.2, -0.15) is 26.3 Å². The van der Waals surface area contributed by atoms with Crippen molar-refractivity contribution in [2.24, 2.45) is 0 Å². The SMILES string of the molecule is C=C(Br)C[C@@H](NC(=O)Cc1cc(C(F)(F)F)cc(C(F)(F)F)c1)C(=O)O. The van der Waals surface area contributed by atoms with Crippen molar-refractivity contribution in [2.45, 2.75) is 31.2 Å². The van der Waals surface area contributed by atoms with Gasteiger partial charge in [-0.1, -0.05) is 22.5 Å². The van der Waals surface area contributed by atoms with Gasteiger partial charge in [-0.15, -0.1) is 0 Å². The minimum Gasteiger partial charge on any atom is -0.480 e. The second kappa shape index (κ2) is 8.11. The van der Waals surface area contributed by atoms with Gasteiger partial charge in [0.15, 0.2) is 0 Å². The van der Waals surface area contributed by atoms with Crippen LogP contribution in [-0.4, -0.2) is 23.0 Å². The van der Waals surface area contributed by atoms with Gasteiger partial charge < -0.3 is 10.4 Å². The number of amides is 1. The van der Waals surface area contributed by atoms with E-state index in [1.807, 2.05) is 5.32 Å². The molecule has 144 valence electrons. The lowest BCUT2D eigenvalue weighted by Crippen LogP contribution is -2.41. The van der Waals surface area contributed by atoms with Crippen LogP contribution in [0.3, 0.4) is 0 Å². The number of alkyl halides is 6. The number of carbonyl (C=O) groups excluding carboxylic acids is 1. The van der Waals surface area contributed by atoms with Gasteiger partial charge in [-0.05, 0) is 28.2 Å².